The smallest absolute Gasteiger partial charge is 0.321 e. The Morgan fingerprint density at radius 1 is 1.21 bits per heavy atom. The molecule has 2 aliphatic heterocycles. The molecule has 2 fully saturated rings. The number of benzene rings is 1. The van der Waals surface area contributed by atoms with E-state index in [1.165, 1.54) is 12.8 Å². The number of urea groups is 1. The number of methoxy groups -OCH3 is 1. The Balaban J connectivity index is 1.41. The molecule has 0 bridgehead atoms. The van der Waals surface area contributed by atoms with Crippen LogP contribution in [-0.4, -0.2) is 50.4 Å². The standard InChI is InChI=1S/C18H24N2O4/c1-22-15-4-2-3-12-10-20(11-14(12)15)18(21)19-13-5-6-16-17(9-13)24-8-7-23-16/h5-6,9,12,14-15H,2-4,7-8,10-11H2,1H3,(H,19,21). The number of rotatable bonds is 2. The third-order valence-electron chi connectivity index (χ3n) is 5.42. The first-order chi connectivity index (χ1) is 11.7. The fourth-order valence-electron chi connectivity index (χ4n) is 4.20. The molecule has 1 aromatic carbocycles. The second-order valence-electron chi connectivity index (χ2n) is 6.82. The van der Waals surface area contributed by atoms with Gasteiger partial charge in [0.15, 0.2) is 11.5 Å². The van der Waals surface area contributed by atoms with Crippen molar-refractivity contribution in [3.63, 3.8) is 0 Å². The molecule has 0 aromatic heterocycles. The van der Waals surface area contributed by atoms with E-state index >= 15 is 0 Å². The van der Waals surface area contributed by atoms with Crippen molar-refractivity contribution >= 4 is 11.7 Å². The fourth-order valence-corrected chi connectivity index (χ4v) is 4.20. The van der Waals surface area contributed by atoms with Gasteiger partial charge in [-0.15, -0.1) is 0 Å². The van der Waals surface area contributed by atoms with Crippen molar-refractivity contribution in [3.05, 3.63) is 18.2 Å². The molecule has 6 nitrogen and oxygen atoms in total. The van der Waals surface area contributed by atoms with E-state index in [0.29, 0.717) is 30.8 Å². The lowest BCUT2D eigenvalue weighted by molar-refractivity contribution is 0.0130. The Labute approximate surface area is 142 Å². The van der Waals surface area contributed by atoms with E-state index in [0.717, 1.165) is 30.9 Å². The zero-order valence-corrected chi connectivity index (χ0v) is 14.0. The summed E-state index contributed by atoms with van der Waals surface area (Å²) in [5, 5.41) is 2.99. The second kappa shape index (κ2) is 6.51. The molecule has 4 rings (SSSR count). The Kier molecular flexibility index (Phi) is 4.22. The van der Waals surface area contributed by atoms with Gasteiger partial charge in [0, 0.05) is 37.9 Å². The molecule has 1 saturated carbocycles. The van der Waals surface area contributed by atoms with Gasteiger partial charge in [-0.3, -0.25) is 0 Å². The van der Waals surface area contributed by atoms with Crippen LogP contribution in [0.15, 0.2) is 18.2 Å². The maximum absolute atomic E-state index is 12.6. The van der Waals surface area contributed by atoms with Crippen LogP contribution in [0, 0.1) is 11.8 Å². The van der Waals surface area contributed by atoms with Gasteiger partial charge in [-0.2, -0.15) is 0 Å². The van der Waals surface area contributed by atoms with Crippen LogP contribution in [0.5, 0.6) is 11.5 Å². The molecule has 0 spiro atoms. The lowest BCUT2D eigenvalue weighted by atomic mass is 9.79. The molecule has 1 saturated heterocycles. The minimum absolute atomic E-state index is 0.0454. The molecule has 24 heavy (non-hydrogen) atoms. The largest absolute Gasteiger partial charge is 0.486 e. The summed E-state index contributed by atoms with van der Waals surface area (Å²) in [6, 6.07) is 5.48. The van der Waals surface area contributed by atoms with Crippen LogP contribution in [-0.2, 0) is 4.74 Å². The first kappa shape index (κ1) is 15.6. The van der Waals surface area contributed by atoms with Crippen LogP contribution in [0.25, 0.3) is 0 Å². The summed E-state index contributed by atoms with van der Waals surface area (Å²) in [5.74, 6) is 2.45. The van der Waals surface area contributed by atoms with Crippen molar-refractivity contribution in [2.75, 3.05) is 38.7 Å². The highest BCUT2D eigenvalue weighted by molar-refractivity contribution is 5.90. The normalized spacial score (nSPS) is 28.4. The number of likely N-dealkylation sites (tertiary alicyclic amines) is 1. The lowest BCUT2D eigenvalue weighted by Gasteiger charge is -2.31. The highest BCUT2D eigenvalue weighted by atomic mass is 16.6. The van der Waals surface area contributed by atoms with Gasteiger partial charge in [0.2, 0.25) is 0 Å². The van der Waals surface area contributed by atoms with Crippen LogP contribution in [0.1, 0.15) is 19.3 Å². The number of carbonyl (C=O) groups is 1. The van der Waals surface area contributed by atoms with Gasteiger partial charge < -0.3 is 24.4 Å². The first-order valence-corrected chi connectivity index (χ1v) is 8.73. The zero-order chi connectivity index (χ0) is 16.5. The summed E-state index contributed by atoms with van der Waals surface area (Å²) in [7, 11) is 1.78. The van der Waals surface area contributed by atoms with E-state index in [4.69, 9.17) is 14.2 Å². The topological polar surface area (TPSA) is 60.0 Å². The van der Waals surface area contributed by atoms with E-state index < -0.39 is 0 Å². The summed E-state index contributed by atoms with van der Waals surface area (Å²) in [6.07, 6.45) is 3.78. The first-order valence-electron chi connectivity index (χ1n) is 8.73. The minimum Gasteiger partial charge on any atom is -0.486 e. The number of amides is 2. The van der Waals surface area contributed by atoms with Crippen molar-refractivity contribution < 1.29 is 19.0 Å². The van der Waals surface area contributed by atoms with Gasteiger partial charge in [-0.1, -0.05) is 6.42 Å². The van der Waals surface area contributed by atoms with Gasteiger partial charge in [0.1, 0.15) is 13.2 Å². The van der Waals surface area contributed by atoms with Gasteiger partial charge in [0.05, 0.1) is 6.10 Å². The minimum atomic E-state index is -0.0454. The molecule has 3 atom stereocenters. The molecule has 1 aromatic rings. The molecule has 3 unspecified atom stereocenters. The molecule has 1 N–H and O–H groups in total. The quantitative estimate of drug-likeness (QED) is 0.905. The van der Waals surface area contributed by atoms with Crippen molar-refractivity contribution in [1.82, 2.24) is 4.90 Å². The summed E-state index contributed by atoms with van der Waals surface area (Å²) in [4.78, 5) is 14.5. The summed E-state index contributed by atoms with van der Waals surface area (Å²) in [5.41, 5.74) is 0.738. The summed E-state index contributed by atoms with van der Waals surface area (Å²) < 4.78 is 16.7. The van der Waals surface area contributed by atoms with Crippen molar-refractivity contribution in [2.45, 2.75) is 25.4 Å². The van der Waals surface area contributed by atoms with Gasteiger partial charge in [-0.25, -0.2) is 4.79 Å². The molecule has 6 heteroatoms. The van der Waals surface area contributed by atoms with Crippen LogP contribution in [0.3, 0.4) is 0 Å². The molecule has 130 valence electrons. The summed E-state index contributed by atoms with van der Waals surface area (Å²) >= 11 is 0. The predicted octanol–water partition coefficient (Wildman–Crippen LogP) is 2.74. The number of nitrogens with zero attached hydrogens (tertiary/aromatic N) is 1. The maximum Gasteiger partial charge on any atom is 0.321 e. The third kappa shape index (κ3) is 2.90. The van der Waals surface area contributed by atoms with E-state index in [9.17, 15) is 4.79 Å². The van der Waals surface area contributed by atoms with E-state index in [1.807, 2.05) is 23.1 Å². The average molecular weight is 332 g/mol. The highest BCUT2D eigenvalue weighted by Gasteiger charge is 2.41. The Morgan fingerprint density at radius 3 is 2.88 bits per heavy atom. The fraction of sp³-hybridized carbons (Fsp3) is 0.611. The molecular weight excluding hydrogens is 308 g/mol. The Morgan fingerprint density at radius 2 is 2.04 bits per heavy atom. The van der Waals surface area contributed by atoms with Crippen LogP contribution < -0.4 is 14.8 Å². The third-order valence-corrected chi connectivity index (χ3v) is 5.42. The van der Waals surface area contributed by atoms with Crippen molar-refractivity contribution in [2.24, 2.45) is 11.8 Å². The van der Waals surface area contributed by atoms with Gasteiger partial charge in [-0.05, 0) is 30.9 Å². The monoisotopic (exact) mass is 332 g/mol. The van der Waals surface area contributed by atoms with Crippen molar-refractivity contribution in [1.29, 1.82) is 0 Å². The predicted molar refractivity (Wildman–Crippen MR) is 89.7 cm³/mol. The van der Waals surface area contributed by atoms with Crippen LogP contribution in [0.2, 0.25) is 0 Å². The number of anilines is 1. The highest BCUT2D eigenvalue weighted by Crippen LogP contribution is 2.38. The Hall–Kier alpha value is -1.95. The number of hydrogen-bond acceptors (Lipinski definition) is 4. The average Bonchev–Trinajstić information content (AvgIpc) is 3.06. The van der Waals surface area contributed by atoms with E-state index in [2.05, 4.69) is 5.32 Å². The van der Waals surface area contributed by atoms with Gasteiger partial charge >= 0.3 is 6.03 Å². The lowest BCUT2D eigenvalue weighted by Crippen LogP contribution is -2.35. The van der Waals surface area contributed by atoms with E-state index in [-0.39, 0.29) is 12.1 Å². The second-order valence-corrected chi connectivity index (χ2v) is 6.82. The number of nitrogens with one attached hydrogen (secondary N) is 1. The molecule has 0 radical (unpaired) electrons. The maximum atomic E-state index is 12.6. The van der Waals surface area contributed by atoms with Crippen molar-refractivity contribution in [3.8, 4) is 11.5 Å². The number of hydrogen-bond donors (Lipinski definition) is 1. The molecule has 2 heterocycles. The summed E-state index contributed by atoms with van der Waals surface area (Å²) in [6.45, 7) is 2.70. The van der Waals surface area contributed by atoms with E-state index in [1.54, 1.807) is 7.11 Å². The number of fused-ring (bicyclic) bond motifs is 2. The molecule has 3 aliphatic rings. The van der Waals surface area contributed by atoms with Crippen LogP contribution >= 0.6 is 0 Å². The number of ether oxygens (including phenoxy) is 3. The zero-order valence-electron chi connectivity index (χ0n) is 14.0. The Bertz CT molecular complexity index is 621. The molecule has 1 aliphatic carbocycles. The SMILES string of the molecule is COC1CCCC2CN(C(=O)Nc3ccc4c(c3)OCCO4)CC21. The molecule has 2 amide bonds. The van der Waals surface area contributed by atoms with Crippen LogP contribution in [0.4, 0.5) is 10.5 Å². The molecular formula is C18H24N2O4. The van der Waals surface area contributed by atoms with Gasteiger partial charge in [0.25, 0.3) is 0 Å². The number of carbonyl (C=O) groups excluding carboxylic acids is 1.